The summed E-state index contributed by atoms with van der Waals surface area (Å²) in [6.07, 6.45) is 3.07. The molecule has 30 heavy (non-hydrogen) atoms. The van der Waals surface area contributed by atoms with E-state index in [0.717, 1.165) is 28.4 Å². The van der Waals surface area contributed by atoms with Crippen molar-refractivity contribution in [1.29, 1.82) is 0 Å². The summed E-state index contributed by atoms with van der Waals surface area (Å²) in [5.74, 6) is 1.69. The maximum Gasteiger partial charge on any atom is 0.210 e. The van der Waals surface area contributed by atoms with Gasteiger partial charge in [-0.25, -0.2) is 0 Å². The molecule has 0 spiro atoms. The number of benzene rings is 2. The number of H-pyrrole nitrogens is 1. The lowest BCUT2D eigenvalue weighted by atomic mass is 9.87. The predicted molar refractivity (Wildman–Crippen MR) is 113 cm³/mol. The highest BCUT2D eigenvalue weighted by atomic mass is 16.5. The number of hydrogen-bond acceptors (Lipinski definition) is 5. The number of ketones is 1. The number of carbonyl (C=O) groups is 2. The van der Waals surface area contributed by atoms with E-state index in [1.807, 2.05) is 37.3 Å². The van der Waals surface area contributed by atoms with Crippen LogP contribution in [-0.4, -0.2) is 49.4 Å². The standard InChI is InChI=1S/C23H24N2O5/c1-4-30-21-11-16-14(9-20(21)29-3)7-8-25(13-26)22(16)23(27)18-12-24-19-6-5-15(28-2)10-17(18)19/h5-6,9-13,22,24H,4,7-8H2,1-3H3. The van der Waals surface area contributed by atoms with E-state index in [4.69, 9.17) is 14.2 Å². The van der Waals surface area contributed by atoms with Crippen molar-refractivity contribution in [2.75, 3.05) is 27.4 Å². The Morgan fingerprint density at radius 1 is 1.20 bits per heavy atom. The number of nitrogens with zero attached hydrogens (tertiary/aromatic N) is 1. The lowest BCUT2D eigenvalue weighted by molar-refractivity contribution is -0.119. The maximum atomic E-state index is 13.7. The molecule has 1 unspecified atom stereocenters. The van der Waals surface area contributed by atoms with Crippen molar-refractivity contribution in [3.63, 3.8) is 0 Å². The lowest BCUT2D eigenvalue weighted by Crippen LogP contribution is -2.39. The Morgan fingerprint density at radius 3 is 2.73 bits per heavy atom. The molecule has 0 saturated heterocycles. The van der Waals surface area contributed by atoms with E-state index in [0.29, 0.717) is 42.4 Å². The monoisotopic (exact) mass is 408 g/mol. The van der Waals surface area contributed by atoms with Crippen LogP contribution in [-0.2, 0) is 11.2 Å². The normalized spacial score (nSPS) is 15.6. The second kappa shape index (κ2) is 8.10. The molecular weight excluding hydrogens is 384 g/mol. The Balaban J connectivity index is 1.84. The highest BCUT2D eigenvalue weighted by Gasteiger charge is 2.35. The number of hydrogen-bond donors (Lipinski definition) is 1. The van der Waals surface area contributed by atoms with Crippen molar-refractivity contribution in [3.8, 4) is 17.2 Å². The second-order valence-electron chi connectivity index (χ2n) is 7.11. The summed E-state index contributed by atoms with van der Waals surface area (Å²) in [7, 11) is 3.18. The first-order valence-electron chi connectivity index (χ1n) is 9.85. The van der Waals surface area contributed by atoms with E-state index in [1.165, 1.54) is 0 Å². The highest BCUT2D eigenvalue weighted by molar-refractivity contribution is 6.11. The van der Waals surface area contributed by atoms with Crippen LogP contribution in [0.1, 0.15) is 34.5 Å². The Labute approximate surface area is 174 Å². The molecule has 0 aliphatic carbocycles. The molecule has 1 atom stereocenters. The van der Waals surface area contributed by atoms with Gasteiger partial charge in [-0.2, -0.15) is 0 Å². The number of nitrogens with one attached hydrogen (secondary N) is 1. The number of Topliss-reactive ketones (excluding diaryl/α,β-unsaturated/α-hetero) is 1. The third kappa shape index (κ3) is 3.26. The average Bonchev–Trinajstić information content (AvgIpc) is 3.20. The Morgan fingerprint density at radius 2 is 2.03 bits per heavy atom. The first kappa shape index (κ1) is 19.8. The molecule has 156 valence electrons. The number of rotatable bonds is 7. The molecule has 4 rings (SSSR count). The molecule has 7 heteroatoms. The van der Waals surface area contributed by atoms with E-state index in [-0.39, 0.29) is 5.78 Å². The van der Waals surface area contributed by atoms with Crippen LogP contribution in [0.5, 0.6) is 17.2 Å². The van der Waals surface area contributed by atoms with Crippen LogP contribution in [0, 0.1) is 0 Å². The van der Waals surface area contributed by atoms with E-state index in [9.17, 15) is 9.59 Å². The fourth-order valence-corrected chi connectivity index (χ4v) is 4.06. The van der Waals surface area contributed by atoms with Crippen molar-refractivity contribution in [3.05, 3.63) is 53.2 Å². The summed E-state index contributed by atoms with van der Waals surface area (Å²) in [6.45, 7) is 2.81. The van der Waals surface area contributed by atoms with E-state index in [1.54, 1.807) is 25.3 Å². The van der Waals surface area contributed by atoms with Crippen LogP contribution in [0.3, 0.4) is 0 Å². The summed E-state index contributed by atoms with van der Waals surface area (Å²) >= 11 is 0. The summed E-state index contributed by atoms with van der Waals surface area (Å²) in [5.41, 5.74) is 3.09. The van der Waals surface area contributed by atoms with Gasteiger partial charge >= 0.3 is 0 Å². The van der Waals surface area contributed by atoms with Gasteiger partial charge in [0, 0.05) is 29.2 Å². The quantitative estimate of drug-likeness (QED) is 0.478. The zero-order valence-electron chi connectivity index (χ0n) is 17.2. The van der Waals surface area contributed by atoms with Gasteiger partial charge in [-0.05, 0) is 54.8 Å². The van der Waals surface area contributed by atoms with Gasteiger partial charge in [0.1, 0.15) is 11.8 Å². The number of aromatic nitrogens is 1. The predicted octanol–water partition coefficient (Wildman–Crippen LogP) is 3.52. The smallest absolute Gasteiger partial charge is 0.210 e. The van der Waals surface area contributed by atoms with E-state index in [2.05, 4.69) is 4.98 Å². The second-order valence-corrected chi connectivity index (χ2v) is 7.11. The van der Waals surface area contributed by atoms with Crippen LogP contribution >= 0.6 is 0 Å². The molecule has 0 radical (unpaired) electrons. The van der Waals surface area contributed by atoms with Gasteiger partial charge in [0.2, 0.25) is 6.41 Å². The van der Waals surface area contributed by atoms with Gasteiger partial charge < -0.3 is 24.1 Å². The minimum absolute atomic E-state index is 0.157. The number of carbonyl (C=O) groups excluding carboxylic acids is 2. The third-order valence-corrected chi connectivity index (χ3v) is 5.53. The van der Waals surface area contributed by atoms with Crippen LogP contribution in [0.25, 0.3) is 10.9 Å². The van der Waals surface area contributed by atoms with Gasteiger partial charge in [-0.1, -0.05) is 0 Å². The zero-order chi connectivity index (χ0) is 21.3. The molecule has 0 bridgehead atoms. The first-order valence-corrected chi connectivity index (χ1v) is 9.85. The lowest BCUT2D eigenvalue weighted by Gasteiger charge is -2.34. The average molecular weight is 408 g/mol. The Kier molecular flexibility index (Phi) is 5.35. The first-order chi connectivity index (χ1) is 14.6. The van der Waals surface area contributed by atoms with Crippen molar-refractivity contribution < 1.29 is 23.8 Å². The number of aromatic amines is 1. The summed E-state index contributed by atoms with van der Waals surface area (Å²) in [5, 5.41) is 0.760. The molecule has 3 aromatic rings. The summed E-state index contributed by atoms with van der Waals surface area (Å²) in [6, 6.07) is 8.53. The fraction of sp³-hybridized carbons (Fsp3) is 0.304. The highest BCUT2D eigenvalue weighted by Crippen LogP contribution is 2.40. The molecule has 7 nitrogen and oxygen atoms in total. The third-order valence-electron chi connectivity index (χ3n) is 5.53. The molecule has 1 N–H and O–H groups in total. The largest absolute Gasteiger partial charge is 0.497 e. The Bertz CT molecular complexity index is 1100. The number of methoxy groups -OCH3 is 2. The topological polar surface area (TPSA) is 80.9 Å². The molecule has 1 aliphatic heterocycles. The van der Waals surface area contributed by atoms with Gasteiger partial charge in [-0.3, -0.25) is 9.59 Å². The molecule has 1 aromatic heterocycles. The Hall–Kier alpha value is -3.48. The number of ether oxygens (including phenoxy) is 3. The molecule has 0 fully saturated rings. The van der Waals surface area contributed by atoms with Crippen LogP contribution in [0.15, 0.2) is 36.5 Å². The molecule has 0 saturated carbocycles. The fourth-order valence-electron chi connectivity index (χ4n) is 4.06. The van der Waals surface area contributed by atoms with E-state index < -0.39 is 6.04 Å². The van der Waals surface area contributed by atoms with Crippen molar-refractivity contribution in [2.24, 2.45) is 0 Å². The summed E-state index contributed by atoms with van der Waals surface area (Å²) < 4.78 is 16.5. The number of amides is 1. The molecule has 1 amide bonds. The van der Waals surface area contributed by atoms with Crippen molar-refractivity contribution in [1.82, 2.24) is 9.88 Å². The van der Waals surface area contributed by atoms with Crippen molar-refractivity contribution >= 4 is 23.1 Å². The molecule has 2 aromatic carbocycles. The minimum atomic E-state index is -0.735. The van der Waals surface area contributed by atoms with E-state index >= 15 is 0 Å². The minimum Gasteiger partial charge on any atom is -0.497 e. The van der Waals surface area contributed by atoms with Crippen LogP contribution < -0.4 is 14.2 Å². The number of fused-ring (bicyclic) bond motifs is 2. The molecule has 1 aliphatic rings. The maximum absolute atomic E-state index is 13.7. The van der Waals surface area contributed by atoms with Gasteiger partial charge in [0.25, 0.3) is 0 Å². The zero-order valence-corrected chi connectivity index (χ0v) is 17.2. The van der Waals surface area contributed by atoms with Gasteiger partial charge in [-0.15, -0.1) is 0 Å². The SMILES string of the molecule is CCOc1cc2c(cc1OC)CCN(C=O)C2C(=O)c1c[nH]c2ccc(OC)cc12. The summed E-state index contributed by atoms with van der Waals surface area (Å²) in [4.78, 5) is 30.2. The van der Waals surface area contributed by atoms with Crippen LogP contribution in [0.2, 0.25) is 0 Å². The van der Waals surface area contributed by atoms with Crippen LogP contribution in [0.4, 0.5) is 0 Å². The van der Waals surface area contributed by atoms with Gasteiger partial charge in [0.15, 0.2) is 17.3 Å². The molecular formula is C23H24N2O5. The van der Waals surface area contributed by atoms with Crippen molar-refractivity contribution in [2.45, 2.75) is 19.4 Å². The molecule has 2 heterocycles. The van der Waals surface area contributed by atoms with Gasteiger partial charge in [0.05, 0.1) is 20.8 Å².